The number of benzene rings is 1. The molecular formula is C22H23N3O2. The quantitative estimate of drug-likeness (QED) is 0.666. The van der Waals surface area contributed by atoms with Gasteiger partial charge in [0.05, 0.1) is 6.04 Å². The van der Waals surface area contributed by atoms with Gasteiger partial charge in [-0.15, -0.1) is 0 Å². The number of hydrogen-bond acceptors (Lipinski definition) is 4. The van der Waals surface area contributed by atoms with Crippen LogP contribution in [0.4, 0.5) is 0 Å². The lowest BCUT2D eigenvalue weighted by molar-refractivity contribution is 0.294. The summed E-state index contributed by atoms with van der Waals surface area (Å²) >= 11 is 0. The Kier molecular flexibility index (Phi) is 4.75. The van der Waals surface area contributed by atoms with Crippen molar-refractivity contribution in [3.05, 3.63) is 87.9 Å². The minimum Gasteiger partial charge on any atom is -0.485 e. The van der Waals surface area contributed by atoms with E-state index in [1.54, 1.807) is 23.0 Å². The maximum atomic E-state index is 12.7. The topological polar surface area (TPSA) is 57.0 Å². The Bertz CT molecular complexity index is 977. The van der Waals surface area contributed by atoms with Gasteiger partial charge in [0.15, 0.2) is 5.82 Å². The maximum Gasteiger partial charge on any atom is 0.254 e. The molecule has 1 saturated carbocycles. The van der Waals surface area contributed by atoms with Crippen LogP contribution in [-0.2, 0) is 6.61 Å². The van der Waals surface area contributed by atoms with Crippen molar-refractivity contribution in [3.63, 3.8) is 0 Å². The average molecular weight is 361 g/mol. The number of nitrogens with zero attached hydrogens (tertiary/aromatic N) is 3. The van der Waals surface area contributed by atoms with Crippen molar-refractivity contribution < 1.29 is 4.74 Å². The molecule has 3 aromatic rings. The molecule has 138 valence electrons. The summed E-state index contributed by atoms with van der Waals surface area (Å²) < 4.78 is 7.51. The summed E-state index contributed by atoms with van der Waals surface area (Å²) in [5, 5.41) is 0. The first-order valence-corrected chi connectivity index (χ1v) is 9.33. The number of aryl methyl sites for hydroxylation is 1. The van der Waals surface area contributed by atoms with Crippen molar-refractivity contribution in [3.8, 4) is 5.75 Å². The molecule has 0 spiro atoms. The highest BCUT2D eigenvalue weighted by atomic mass is 16.5. The monoisotopic (exact) mass is 361 g/mol. The molecule has 27 heavy (non-hydrogen) atoms. The van der Waals surface area contributed by atoms with Gasteiger partial charge >= 0.3 is 0 Å². The SMILES string of the molecule is Cc1cc(OCc2ncccn2)cc(=O)n1[C@H](C)c1ccc(C2CC2)cc1. The molecule has 0 N–H and O–H groups in total. The highest BCUT2D eigenvalue weighted by molar-refractivity contribution is 5.31. The largest absolute Gasteiger partial charge is 0.485 e. The normalized spacial score (nSPS) is 14.7. The molecule has 5 heteroatoms. The highest BCUT2D eigenvalue weighted by Crippen LogP contribution is 2.40. The fraction of sp³-hybridized carbons (Fsp3) is 0.318. The third-order valence-corrected chi connectivity index (χ3v) is 5.08. The zero-order valence-electron chi connectivity index (χ0n) is 15.6. The van der Waals surface area contributed by atoms with Crippen LogP contribution in [0.1, 0.15) is 54.4 Å². The minimum atomic E-state index is -0.0715. The third-order valence-electron chi connectivity index (χ3n) is 5.08. The van der Waals surface area contributed by atoms with Gasteiger partial charge in [0.2, 0.25) is 0 Å². The lowest BCUT2D eigenvalue weighted by atomic mass is 10.0. The number of pyridine rings is 1. The van der Waals surface area contributed by atoms with Crippen molar-refractivity contribution in [2.75, 3.05) is 0 Å². The summed E-state index contributed by atoms with van der Waals surface area (Å²) in [7, 11) is 0. The van der Waals surface area contributed by atoms with E-state index >= 15 is 0 Å². The number of hydrogen-bond donors (Lipinski definition) is 0. The second-order valence-corrected chi connectivity index (χ2v) is 7.11. The Morgan fingerprint density at radius 2 is 1.85 bits per heavy atom. The average Bonchev–Trinajstić information content (AvgIpc) is 3.52. The van der Waals surface area contributed by atoms with Crippen LogP contribution in [0.2, 0.25) is 0 Å². The molecule has 2 aromatic heterocycles. The Labute approximate surface area is 158 Å². The molecule has 1 aliphatic carbocycles. The van der Waals surface area contributed by atoms with Crippen LogP contribution < -0.4 is 10.3 Å². The molecule has 0 unspecified atom stereocenters. The van der Waals surface area contributed by atoms with Gasteiger partial charge in [-0.25, -0.2) is 9.97 Å². The van der Waals surface area contributed by atoms with Crippen LogP contribution in [-0.4, -0.2) is 14.5 Å². The van der Waals surface area contributed by atoms with Gasteiger partial charge in [-0.3, -0.25) is 4.79 Å². The van der Waals surface area contributed by atoms with Crippen LogP contribution in [0.25, 0.3) is 0 Å². The van der Waals surface area contributed by atoms with Gasteiger partial charge < -0.3 is 9.30 Å². The summed E-state index contributed by atoms with van der Waals surface area (Å²) in [5.74, 6) is 1.87. The molecule has 1 aliphatic rings. The van der Waals surface area contributed by atoms with Gasteiger partial charge in [0.1, 0.15) is 12.4 Å². The van der Waals surface area contributed by atoms with Crippen molar-refractivity contribution in [2.45, 2.75) is 45.3 Å². The van der Waals surface area contributed by atoms with Crippen LogP contribution in [0.5, 0.6) is 5.75 Å². The smallest absolute Gasteiger partial charge is 0.254 e. The number of ether oxygens (including phenoxy) is 1. The predicted molar refractivity (Wildman–Crippen MR) is 104 cm³/mol. The van der Waals surface area contributed by atoms with Crippen LogP contribution in [0.3, 0.4) is 0 Å². The molecule has 1 fully saturated rings. The predicted octanol–water partition coefficient (Wildman–Crippen LogP) is 4.01. The van der Waals surface area contributed by atoms with Crippen molar-refractivity contribution in [1.29, 1.82) is 0 Å². The van der Waals surface area contributed by atoms with E-state index in [2.05, 4.69) is 41.2 Å². The summed E-state index contributed by atoms with van der Waals surface area (Å²) in [4.78, 5) is 21.0. The standard InChI is InChI=1S/C22H23N3O2/c1-15-12-20(27-14-21-23-10-3-11-24-21)13-22(26)25(15)16(2)17-4-6-18(7-5-17)19-8-9-19/h3-7,10-13,16,19H,8-9,14H2,1-2H3/t16-/m1/s1. The molecule has 1 aromatic carbocycles. The first-order chi connectivity index (χ1) is 13.1. The summed E-state index contributed by atoms with van der Waals surface area (Å²) in [6, 6.07) is 13.8. The third kappa shape index (κ3) is 3.92. The summed E-state index contributed by atoms with van der Waals surface area (Å²) in [5.41, 5.74) is 3.33. The van der Waals surface area contributed by atoms with Gasteiger partial charge in [-0.1, -0.05) is 24.3 Å². The summed E-state index contributed by atoms with van der Waals surface area (Å²) in [6.07, 6.45) is 5.93. The van der Waals surface area contributed by atoms with E-state index in [9.17, 15) is 4.79 Å². The molecule has 5 nitrogen and oxygen atoms in total. The second kappa shape index (κ2) is 7.35. The van der Waals surface area contributed by atoms with E-state index < -0.39 is 0 Å². The molecule has 0 bridgehead atoms. The van der Waals surface area contributed by atoms with Gasteiger partial charge in [-0.2, -0.15) is 0 Å². The Balaban J connectivity index is 1.53. The Morgan fingerprint density at radius 1 is 1.15 bits per heavy atom. The van der Waals surface area contributed by atoms with E-state index in [0.29, 0.717) is 11.6 Å². The molecule has 2 heterocycles. The van der Waals surface area contributed by atoms with Crippen molar-refractivity contribution in [1.82, 2.24) is 14.5 Å². The second-order valence-electron chi connectivity index (χ2n) is 7.11. The molecule has 4 rings (SSSR count). The minimum absolute atomic E-state index is 0.0303. The maximum absolute atomic E-state index is 12.7. The van der Waals surface area contributed by atoms with Gasteiger partial charge in [-0.05, 0) is 55.9 Å². The summed E-state index contributed by atoms with van der Waals surface area (Å²) in [6.45, 7) is 4.23. The van der Waals surface area contributed by atoms with Crippen molar-refractivity contribution >= 4 is 0 Å². The molecular weight excluding hydrogens is 338 g/mol. The number of rotatable bonds is 6. The first-order valence-electron chi connectivity index (χ1n) is 9.33. The molecule has 0 aliphatic heterocycles. The fourth-order valence-electron chi connectivity index (χ4n) is 3.43. The van der Waals surface area contributed by atoms with Crippen molar-refractivity contribution in [2.24, 2.45) is 0 Å². The van der Waals surface area contributed by atoms with Crippen LogP contribution >= 0.6 is 0 Å². The fourth-order valence-corrected chi connectivity index (χ4v) is 3.43. The van der Waals surface area contributed by atoms with E-state index in [4.69, 9.17) is 4.74 Å². The van der Waals surface area contributed by atoms with Crippen LogP contribution in [0.15, 0.2) is 59.7 Å². The Hall–Kier alpha value is -2.95. The van der Waals surface area contributed by atoms with E-state index in [0.717, 1.165) is 17.2 Å². The lowest BCUT2D eigenvalue weighted by Crippen LogP contribution is -2.25. The Morgan fingerprint density at radius 3 is 2.48 bits per heavy atom. The highest BCUT2D eigenvalue weighted by Gasteiger charge is 2.23. The van der Waals surface area contributed by atoms with E-state index in [1.165, 1.54) is 24.5 Å². The molecule has 0 saturated heterocycles. The van der Waals surface area contributed by atoms with Gasteiger partial charge in [0.25, 0.3) is 5.56 Å². The molecule has 0 radical (unpaired) electrons. The molecule has 0 amide bonds. The zero-order valence-corrected chi connectivity index (χ0v) is 15.6. The lowest BCUT2D eigenvalue weighted by Gasteiger charge is -2.19. The molecule has 1 atom stereocenters. The zero-order chi connectivity index (χ0) is 18.8. The van der Waals surface area contributed by atoms with Crippen LogP contribution in [0, 0.1) is 6.92 Å². The first kappa shape index (κ1) is 17.5. The van der Waals surface area contributed by atoms with E-state index in [1.807, 2.05) is 13.0 Å². The van der Waals surface area contributed by atoms with Gasteiger partial charge in [0, 0.05) is 24.2 Å². The number of aromatic nitrogens is 3. The van der Waals surface area contributed by atoms with E-state index in [-0.39, 0.29) is 18.2 Å².